The number of carboxylic acid groups (broad SMARTS) is 1. The van der Waals surface area contributed by atoms with Gasteiger partial charge in [-0.25, -0.2) is 14.8 Å². The fraction of sp³-hybridized carbons (Fsp3) is 0.375. The minimum Gasteiger partial charge on any atom is -0.476 e. The third kappa shape index (κ3) is 3.34. The Bertz CT molecular complexity index is 359. The summed E-state index contributed by atoms with van der Waals surface area (Å²) in [4.78, 5) is 18.1. The van der Waals surface area contributed by atoms with Crippen molar-refractivity contribution in [2.75, 3.05) is 25.6 Å². The molecule has 0 aromatic carbocycles. The summed E-state index contributed by atoms with van der Waals surface area (Å²) in [5.74, 6) is -1.15. The van der Waals surface area contributed by atoms with E-state index < -0.39 is 5.97 Å². The molecule has 1 rings (SSSR count). The topological polar surface area (TPSA) is 84.3 Å². The maximum absolute atomic E-state index is 10.8. The van der Waals surface area contributed by atoms with Crippen molar-refractivity contribution in [3.63, 3.8) is 0 Å². The number of nitrogens with zero attached hydrogens (tertiary/aromatic N) is 2. The van der Waals surface area contributed by atoms with Crippen molar-refractivity contribution < 1.29 is 14.6 Å². The number of ether oxygens (including phenoxy) is 1. The number of rotatable bonds is 5. The molecule has 7 heteroatoms. The van der Waals surface area contributed by atoms with Crippen LogP contribution in [0.25, 0.3) is 0 Å². The average Bonchev–Trinajstić information content (AvgIpc) is 2.20. The summed E-state index contributed by atoms with van der Waals surface area (Å²) in [7, 11) is 1.55. The second-order valence-electron chi connectivity index (χ2n) is 2.63. The Kier molecular flexibility index (Phi) is 4.26. The van der Waals surface area contributed by atoms with Gasteiger partial charge in [-0.15, -0.1) is 0 Å². The minimum atomic E-state index is -1.15. The molecular weight excluding hydrogens is 222 g/mol. The van der Waals surface area contributed by atoms with Crippen molar-refractivity contribution in [1.29, 1.82) is 0 Å². The molecule has 0 saturated carbocycles. The van der Waals surface area contributed by atoms with Crippen LogP contribution < -0.4 is 5.32 Å². The number of aromatic carboxylic acids is 1. The van der Waals surface area contributed by atoms with E-state index in [4.69, 9.17) is 21.4 Å². The summed E-state index contributed by atoms with van der Waals surface area (Å²) in [6.45, 7) is 0.934. The molecule has 0 saturated heterocycles. The zero-order valence-electron chi connectivity index (χ0n) is 8.03. The molecule has 1 heterocycles. The van der Waals surface area contributed by atoms with Gasteiger partial charge in [0.05, 0.1) is 18.5 Å². The van der Waals surface area contributed by atoms with E-state index >= 15 is 0 Å². The van der Waals surface area contributed by atoms with Crippen molar-refractivity contribution in [3.8, 4) is 0 Å². The van der Waals surface area contributed by atoms with Crippen LogP contribution in [0.1, 0.15) is 10.5 Å². The van der Waals surface area contributed by atoms with Gasteiger partial charge in [-0.1, -0.05) is 0 Å². The van der Waals surface area contributed by atoms with Gasteiger partial charge in [0.1, 0.15) is 0 Å². The van der Waals surface area contributed by atoms with E-state index in [9.17, 15) is 4.79 Å². The summed E-state index contributed by atoms with van der Waals surface area (Å²) in [6.07, 6.45) is 1.33. The largest absolute Gasteiger partial charge is 0.476 e. The molecule has 0 aliphatic carbocycles. The Morgan fingerprint density at radius 2 is 2.47 bits per heavy atom. The van der Waals surface area contributed by atoms with Gasteiger partial charge in [0, 0.05) is 13.7 Å². The van der Waals surface area contributed by atoms with Crippen LogP contribution in [0.2, 0.25) is 5.28 Å². The molecule has 0 fully saturated rings. The highest BCUT2D eigenvalue weighted by molar-refractivity contribution is 6.28. The highest BCUT2D eigenvalue weighted by atomic mass is 35.5. The average molecular weight is 232 g/mol. The lowest BCUT2D eigenvalue weighted by molar-refractivity contribution is 0.0691. The molecule has 6 nitrogen and oxygen atoms in total. The number of aromatic nitrogens is 2. The summed E-state index contributed by atoms with van der Waals surface area (Å²) >= 11 is 5.48. The predicted octanol–water partition coefficient (Wildman–Crippen LogP) is 0.887. The number of methoxy groups -OCH3 is 1. The van der Waals surface area contributed by atoms with Gasteiger partial charge in [0.15, 0.2) is 5.69 Å². The van der Waals surface area contributed by atoms with E-state index in [0.29, 0.717) is 18.8 Å². The van der Waals surface area contributed by atoms with Crippen LogP contribution in [-0.2, 0) is 4.74 Å². The molecule has 0 aliphatic rings. The summed E-state index contributed by atoms with van der Waals surface area (Å²) in [5.41, 5.74) is 0.176. The predicted molar refractivity (Wildman–Crippen MR) is 54.4 cm³/mol. The van der Waals surface area contributed by atoms with Gasteiger partial charge in [-0.2, -0.15) is 0 Å². The van der Waals surface area contributed by atoms with Gasteiger partial charge in [0.25, 0.3) is 0 Å². The van der Waals surface area contributed by atoms with Crippen LogP contribution in [-0.4, -0.2) is 41.3 Å². The van der Waals surface area contributed by atoms with E-state index in [1.54, 1.807) is 7.11 Å². The Balaban J connectivity index is 2.81. The summed E-state index contributed by atoms with van der Waals surface area (Å²) in [5, 5.41) is 11.6. The highest BCUT2D eigenvalue weighted by Gasteiger charge is 2.12. The first kappa shape index (κ1) is 11.7. The second kappa shape index (κ2) is 5.47. The molecule has 0 bridgehead atoms. The fourth-order valence-corrected chi connectivity index (χ4v) is 1.07. The number of halogens is 1. The van der Waals surface area contributed by atoms with Gasteiger partial charge in [0.2, 0.25) is 5.28 Å². The first-order chi connectivity index (χ1) is 7.15. The van der Waals surface area contributed by atoms with E-state index in [2.05, 4.69) is 15.3 Å². The van der Waals surface area contributed by atoms with E-state index in [1.165, 1.54) is 6.20 Å². The molecule has 0 spiro atoms. The highest BCUT2D eigenvalue weighted by Crippen LogP contribution is 2.13. The van der Waals surface area contributed by atoms with Crippen LogP contribution in [0.5, 0.6) is 0 Å². The van der Waals surface area contributed by atoms with Crippen LogP contribution in [0.4, 0.5) is 5.69 Å². The standard InChI is InChI=1S/C8H10ClN3O3/c1-15-3-2-10-5-4-11-8(9)12-6(5)7(13)14/h4,10H,2-3H2,1H3,(H,13,14). The van der Waals surface area contributed by atoms with Crippen LogP contribution in [0.3, 0.4) is 0 Å². The molecule has 0 atom stereocenters. The van der Waals surface area contributed by atoms with Crippen molar-refractivity contribution in [3.05, 3.63) is 17.2 Å². The third-order valence-corrected chi connectivity index (χ3v) is 1.77. The molecule has 0 unspecified atom stereocenters. The second-order valence-corrected chi connectivity index (χ2v) is 2.96. The lowest BCUT2D eigenvalue weighted by Crippen LogP contribution is -2.13. The first-order valence-corrected chi connectivity index (χ1v) is 4.51. The molecule has 0 radical (unpaired) electrons. The number of anilines is 1. The van der Waals surface area contributed by atoms with Crippen molar-refractivity contribution in [1.82, 2.24) is 9.97 Å². The van der Waals surface area contributed by atoms with Crippen LogP contribution >= 0.6 is 11.6 Å². The molecule has 1 aromatic rings. The first-order valence-electron chi connectivity index (χ1n) is 4.13. The summed E-state index contributed by atoms with van der Waals surface area (Å²) < 4.78 is 4.81. The SMILES string of the molecule is COCCNc1cnc(Cl)nc1C(=O)O. The van der Waals surface area contributed by atoms with Crippen LogP contribution in [0.15, 0.2) is 6.20 Å². The van der Waals surface area contributed by atoms with Crippen molar-refractivity contribution in [2.24, 2.45) is 0 Å². The molecule has 1 aromatic heterocycles. The van der Waals surface area contributed by atoms with E-state index in [-0.39, 0.29) is 11.0 Å². The molecule has 2 N–H and O–H groups in total. The smallest absolute Gasteiger partial charge is 0.356 e. The minimum absolute atomic E-state index is 0.0929. The van der Waals surface area contributed by atoms with Crippen molar-refractivity contribution >= 4 is 23.3 Å². The zero-order valence-corrected chi connectivity index (χ0v) is 8.78. The van der Waals surface area contributed by atoms with Gasteiger partial charge < -0.3 is 15.2 Å². The normalized spacial score (nSPS) is 10.0. The van der Waals surface area contributed by atoms with E-state index in [1.807, 2.05) is 0 Å². The molecule has 15 heavy (non-hydrogen) atoms. The molecule has 0 amide bonds. The third-order valence-electron chi connectivity index (χ3n) is 1.58. The Morgan fingerprint density at radius 3 is 3.07 bits per heavy atom. The van der Waals surface area contributed by atoms with Gasteiger partial charge >= 0.3 is 5.97 Å². The van der Waals surface area contributed by atoms with Crippen molar-refractivity contribution in [2.45, 2.75) is 0 Å². The monoisotopic (exact) mass is 231 g/mol. The lowest BCUT2D eigenvalue weighted by Gasteiger charge is -2.07. The van der Waals surface area contributed by atoms with E-state index in [0.717, 1.165) is 0 Å². The van der Waals surface area contributed by atoms with Crippen LogP contribution in [0, 0.1) is 0 Å². The molecular formula is C8H10ClN3O3. The Labute approximate surface area is 91.3 Å². The number of hydrogen-bond donors (Lipinski definition) is 2. The maximum Gasteiger partial charge on any atom is 0.356 e. The quantitative estimate of drug-likeness (QED) is 0.578. The number of carbonyl (C=O) groups is 1. The van der Waals surface area contributed by atoms with Gasteiger partial charge in [-0.3, -0.25) is 0 Å². The fourth-order valence-electron chi connectivity index (χ4n) is 0.940. The Morgan fingerprint density at radius 1 is 1.73 bits per heavy atom. The lowest BCUT2D eigenvalue weighted by atomic mass is 10.3. The number of nitrogens with one attached hydrogen (secondary N) is 1. The summed E-state index contributed by atoms with van der Waals surface area (Å²) in [6, 6.07) is 0. The maximum atomic E-state index is 10.8. The van der Waals surface area contributed by atoms with Gasteiger partial charge in [-0.05, 0) is 11.6 Å². The number of hydrogen-bond acceptors (Lipinski definition) is 5. The number of carboxylic acids is 1. The zero-order chi connectivity index (χ0) is 11.3. The molecule has 0 aliphatic heterocycles. The molecule has 82 valence electrons. The Hall–Kier alpha value is -1.40.